The molecule has 0 radical (unpaired) electrons. The number of aliphatic carboxylic acids is 1. The molecule has 0 bridgehead atoms. The molecule has 2 rings (SSSR count). The maximum Gasteiger partial charge on any atom is 0.314 e. The smallest absolute Gasteiger partial charge is 0.314 e. The van der Waals surface area contributed by atoms with Gasteiger partial charge in [0.1, 0.15) is 5.75 Å². The van der Waals surface area contributed by atoms with Crippen LogP contribution in [0.4, 0.5) is 0 Å². The molecular formula is C15H20O3. The van der Waals surface area contributed by atoms with Gasteiger partial charge in [0.05, 0.1) is 5.41 Å². The largest absolute Gasteiger partial charge is 0.507 e. The molecule has 3 heteroatoms. The molecule has 1 fully saturated rings. The number of aryl methyl sites for hydroxylation is 1. The minimum Gasteiger partial charge on any atom is -0.507 e. The van der Waals surface area contributed by atoms with E-state index >= 15 is 0 Å². The van der Waals surface area contributed by atoms with Gasteiger partial charge < -0.3 is 10.2 Å². The van der Waals surface area contributed by atoms with E-state index in [0.29, 0.717) is 18.4 Å². The number of aromatic hydroxyl groups is 1. The average molecular weight is 248 g/mol. The van der Waals surface area contributed by atoms with Crippen LogP contribution in [0.25, 0.3) is 0 Å². The number of rotatable bonds is 2. The van der Waals surface area contributed by atoms with Crippen molar-refractivity contribution in [3.8, 4) is 5.75 Å². The third kappa shape index (κ3) is 1.88. The van der Waals surface area contributed by atoms with Crippen LogP contribution in [-0.4, -0.2) is 16.2 Å². The zero-order valence-corrected chi connectivity index (χ0v) is 11.0. The standard InChI is InChI=1S/C15H20O3/c1-10-6-7-12(13(16)11(10)2)15(14(17)18)8-4-3-5-9-15/h6-7,16H,3-5,8-9H2,1-2H3,(H,17,18). The summed E-state index contributed by atoms with van der Waals surface area (Å²) in [5.41, 5.74) is 1.49. The molecule has 1 aliphatic rings. The summed E-state index contributed by atoms with van der Waals surface area (Å²) >= 11 is 0. The van der Waals surface area contributed by atoms with Gasteiger partial charge in [0.25, 0.3) is 0 Å². The second-order valence-electron chi connectivity index (χ2n) is 5.35. The van der Waals surface area contributed by atoms with Crippen molar-refractivity contribution < 1.29 is 15.0 Å². The predicted molar refractivity (Wildman–Crippen MR) is 70.0 cm³/mol. The Balaban J connectivity index is 2.56. The summed E-state index contributed by atoms with van der Waals surface area (Å²) in [6, 6.07) is 3.70. The van der Waals surface area contributed by atoms with Crippen molar-refractivity contribution in [2.45, 2.75) is 51.4 Å². The number of carboxylic acids is 1. The fraction of sp³-hybridized carbons (Fsp3) is 0.533. The van der Waals surface area contributed by atoms with Crippen molar-refractivity contribution in [1.82, 2.24) is 0 Å². The molecule has 98 valence electrons. The summed E-state index contributed by atoms with van der Waals surface area (Å²) in [6.45, 7) is 3.76. The first-order valence-corrected chi connectivity index (χ1v) is 6.52. The Hall–Kier alpha value is -1.51. The van der Waals surface area contributed by atoms with Crippen LogP contribution in [0.5, 0.6) is 5.75 Å². The van der Waals surface area contributed by atoms with Crippen molar-refractivity contribution >= 4 is 5.97 Å². The molecule has 0 spiro atoms. The molecule has 0 aromatic heterocycles. The Morgan fingerprint density at radius 1 is 1.17 bits per heavy atom. The quantitative estimate of drug-likeness (QED) is 0.844. The number of benzene rings is 1. The van der Waals surface area contributed by atoms with Crippen molar-refractivity contribution in [3.05, 3.63) is 28.8 Å². The zero-order chi connectivity index (χ0) is 13.3. The lowest BCUT2D eigenvalue weighted by atomic mass is 9.68. The Bertz CT molecular complexity index is 471. The first-order chi connectivity index (χ1) is 8.49. The van der Waals surface area contributed by atoms with E-state index in [9.17, 15) is 15.0 Å². The monoisotopic (exact) mass is 248 g/mol. The van der Waals surface area contributed by atoms with Gasteiger partial charge in [-0.2, -0.15) is 0 Å². The van der Waals surface area contributed by atoms with Gasteiger partial charge in [-0.1, -0.05) is 31.4 Å². The van der Waals surface area contributed by atoms with Crippen LogP contribution in [0.3, 0.4) is 0 Å². The van der Waals surface area contributed by atoms with Crippen molar-refractivity contribution in [1.29, 1.82) is 0 Å². The van der Waals surface area contributed by atoms with Gasteiger partial charge in [-0.25, -0.2) is 0 Å². The van der Waals surface area contributed by atoms with Gasteiger partial charge in [-0.15, -0.1) is 0 Å². The lowest BCUT2D eigenvalue weighted by Crippen LogP contribution is -2.38. The normalized spacial score (nSPS) is 18.6. The number of carbonyl (C=O) groups is 1. The van der Waals surface area contributed by atoms with E-state index in [2.05, 4.69) is 0 Å². The summed E-state index contributed by atoms with van der Waals surface area (Å²) in [5, 5.41) is 19.9. The van der Waals surface area contributed by atoms with E-state index in [1.807, 2.05) is 19.9 Å². The lowest BCUT2D eigenvalue weighted by Gasteiger charge is -2.34. The van der Waals surface area contributed by atoms with Gasteiger partial charge in [-0.3, -0.25) is 4.79 Å². The summed E-state index contributed by atoms with van der Waals surface area (Å²) in [5.74, 6) is -0.639. The van der Waals surface area contributed by atoms with E-state index < -0.39 is 11.4 Å². The van der Waals surface area contributed by atoms with Crippen LogP contribution in [0.15, 0.2) is 12.1 Å². The van der Waals surface area contributed by atoms with Gasteiger partial charge in [0.2, 0.25) is 0 Å². The topological polar surface area (TPSA) is 57.5 Å². The van der Waals surface area contributed by atoms with Crippen LogP contribution < -0.4 is 0 Å². The van der Waals surface area contributed by atoms with Crippen LogP contribution >= 0.6 is 0 Å². The SMILES string of the molecule is Cc1ccc(C2(C(=O)O)CCCCC2)c(O)c1C. The molecule has 1 aliphatic carbocycles. The second kappa shape index (κ2) is 4.63. The molecule has 0 unspecified atom stereocenters. The fourth-order valence-corrected chi connectivity index (χ4v) is 2.94. The maximum absolute atomic E-state index is 11.7. The van der Waals surface area contributed by atoms with E-state index in [-0.39, 0.29) is 5.75 Å². The summed E-state index contributed by atoms with van der Waals surface area (Å²) in [6.07, 6.45) is 4.16. The summed E-state index contributed by atoms with van der Waals surface area (Å²) < 4.78 is 0. The summed E-state index contributed by atoms with van der Waals surface area (Å²) in [7, 11) is 0. The van der Waals surface area contributed by atoms with Crippen molar-refractivity contribution in [2.75, 3.05) is 0 Å². The van der Waals surface area contributed by atoms with Crippen LogP contribution in [0.2, 0.25) is 0 Å². The Morgan fingerprint density at radius 3 is 2.33 bits per heavy atom. The van der Waals surface area contributed by atoms with Gasteiger partial charge in [-0.05, 0) is 37.8 Å². The molecular weight excluding hydrogens is 228 g/mol. The molecule has 0 amide bonds. The highest BCUT2D eigenvalue weighted by Crippen LogP contribution is 2.44. The van der Waals surface area contributed by atoms with Crippen LogP contribution in [0.1, 0.15) is 48.8 Å². The van der Waals surface area contributed by atoms with E-state index in [0.717, 1.165) is 30.4 Å². The molecule has 0 heterocycles. The van der Waals surface area contributed by atoms with E-state index in [1.165, 1.54) is 0 Å². The van der Waals surface area contributed by atoms with Gasteiger partial charge in [0.15, 0.2) is 0 Å². The number of phenols is 1. The maximum atomic E-state index is 11.7. The van der Waals surface area contributed by atoms with Gasteiger partial charge in [0, 0.05) is 5.56 Å². The second-order valence-corrected chi connectivity index (χ2v) is 5.35. The van der Waals surface area contributed by atoms with Crippen LogP contribution in [-0.2, 0) is 10.2 Å². The van der Waals surface area contributed by atoms with Gasteiger partial charge >= 0.3 is 5.97 Å². The first-order valence-electron chi connectivity index (χ1n) is 6.52. The molecule has 18 heavy (non-hydrogen) atoms. The first kappa shape index (κ1) is 12.9. The zero-order valence-electron chi connectivity index (χ0n) is 11.0. The van der Waals surface area contributed by atoms with Crippen molar-refractivity contribution in [2.24, 2.45) is 0 Å². The van der Waals surface area contributed by atoms with E-state index in [1.54, 1.807) is 6.07 Å². The molecule has 3 nitrogen and oxygen atoms in total. The molecule has 1 aromatic rings. The number of carboxylic acid groups (broad SMARTS) is 1. The fourth-order valence-electron chi connectivity index (χ4n) is 2.94. The Labute approximate surface area is 107 Å². The van der Waals surface area contributed by atoms with Crippen molar-refractivity contribution in [3.63, 3.8) is 0 Å². The highest BCUT2D eigenvalue weighted by Gasteiger charge is 2.43. The predicted octanol–water partition coefficient (Wildman–Crippen LogP) is 3.30. The average Bonchev–Trinajstić information content (AvgIpc) is 2.37. The molecule has 0 saturated heterocycles. The number of phenolic OH excluding ortho intramolecular Hbond substituents is 1. The minimum absolute atomic E-state index is 0.166. The molecule has 1 saturated carbocycles. The van der Waals surface area contributed by atoms with E-state index in [4.69, 9.17) is 0 Å². The Kier molecular flexibility index (Phi) is 3.33. The third-order valence-electron chi connectivity index (χ3n) is 4.33. The molecule has 0 aliphatic heterocycles. The lowest BCUT2D eigenvalue weighted by molar-refractivity contribution is -0.145. The number of hydrogen-bond acceptors (Lipinski definition) is 2. The number of hydrogen-bond donors (Lipinski definition) is 2. The molecule has 1 aromatic carbocycles. The van der Waals surface area contributed by atoms with Crippen LogP contribution in [0, 0.1) is 13.8 Å². The minimum atomic E-state index is -0.888. The third-order valence-corrected chi connectivity index (χ3v) is 4.33. The highest BCUT2D eigenvalue weighted by molar-refractivity contribution is 5.83. The molecule has 2 N–H and O–H groups in total. The Morgan fingerprint density at radius 2 is 1.78 bits per heavy atom. The summed E-state index contributed by atoms with van der Waals surface area (Å²) in [4.78, 5) is 11.7. The highest BCUT2D eigenvalue weighted by atomic mass is 16.4. The molecule has 0 atom stereocenters.